The molecule has 1 fully saturated rings. The van der Waals surface area contributed by atoms with Crippen molar-refractivity contribution in [3.63, 3.8) is 0 Å². The number of nitrogens with one attached hydrogen (secondary N) is 4. The number of anilines is 2. The number of carbonyl (C=O) groups excluding carboxylic acids is 1. The molecule has 0 unspecified atom stereocenters. The molecule has 2 aromatic heterocycles. The third-order valence-electron chi connectivity index (χ3n) is 6.00. The first-order valence-electron chi connectivity index (χ1n) is 12.0. The zero-order valence-corrected chi connectivity index (χ0v) is 20.9. The van der Waals surface area contributed by atoms with E-state index in [0.717, 1.165) is 48.3 Å². The van der Waals surface area contributed by atoms with Crippen molar-refractivity contribution in [3.05, 3.63) is 82.7 Å². The van der Waals surface area contributed by atoms with E-state index in [-0.39, 0.29) is 5.91 Å². The Labute approximate surface area is 218 Å². The molecule has 4 aromatic rings. The highest BCUT2D eigenvalue weighted by atomic mass is 32.1. The van der Waals surface area contributed by atoms with Crippen molar-refractivity contribution in [1.29, 1.82) is 5.26 Å². The number of para-hydroxylation sites is 1. The van der Waals surface area contributed by atoms with E-state index in [1.165, 1.54) is 11.3 Å². The number of aromatic nitrogens is 1. The van der Waals surface area contributed by atoms with Crippen molar-refractivity contribution >= 4 is 51.2 Å². The summed E-state index contributed by atoms with van der Waals surface area (Å²) >= 11 is 1.38. The summed E-state index contributed by atoms with van der Waals surface area (Å²) in [5.41, 5.74) is 4.10. The van der Waals surface area contributed by atoms with Crippen molar-refractivity contribution in [2.75, 3.05) is 36.8 Å². The van der Waals surface area contributed by atoms with Crippen LogP contribution in [0.1, 0.15) is 15.2 Å². The lowest BCUT2D eigenvalue weighted by Gasteiger charge is -2.29. The molecular weight excluding hydrogens is 484 g/mol. The summed E-state index contributed by atoms with van der Waals surface area (Å²) in [6.45, 7) is 3.75. The maximum atomic E-state index is 13.1. The molecule has 0 radical (unpaired) electrons. The Hall–Kier alpha value is -4.46. The van der Waals surface area contributed by atoms with Crippen LogP contribution in [-0.4, -0.2) is 47.9 Å². The van der Waals surface area contributed by atoms with E-state index >= 15 is 0 Å². The zero-order chi connectivity index (χ0) is 25.5. The Morgan fingerprint density at radius 1 is 1.14 bits per heavy atom. The fourth-order valence-corrected chi connectivity index (χ4v) is 4.96. The average Bonchev–Trinajstić information content (AvgIpc) is 3.41. The molecule has 1 saturated heterocycles. The molecule has 0 atom stereocenters. The van der Waals surface area contributed by atoms with Gasteiger partial charge in [0.2, 0.25) is 5.96 Å². The summed E-state index contributed by atoms with van der Waals surface area (Å²) in [6, 6.07) is 19.2. The second-order valence-corrected chi connectivity index (χ2v) is 9.33. The normalized spacial score (nSPS) is 13.7. The first-order chi connectivity index (χ1) is 18.2. The van der Waals surface area contributed by atoms with Crippen LogP contribution >= 0.6 is 11.3 Å². The molecule has 37 heavy (non-hydrogen) atoms. The van der Waals surface area contributed by atoms with E-state index < -0.39 is 0 Å². The van der Waals surface area contributed by atoms with E-state index in [4.69, 9.17) is 5.26 Å². The van der Waals surface area contributed by atoms with Gasteiger partial charge in [0.1, 0.15) is 4.88 Å². The predicted octanol–water partition coefficient (Wildman–Crippen LogP) is 4.12. The predicted molar refractivity (Wildman–Crippen MR) is 148 cm³/mol. The molecule has 1 aliphatic heterocycles. The minimum Gasteiger partial charge on any atom is -0.380 e. The van der Waals surface area contributed by atoms with Gasteiger partial charge in [0.05, 0.1) is 16.9 Å². The van der Waals surface area contributed by atoms with Crippen LogP contribution in [-0.2, 0) is 6.54 Å². The number of rotatable bonds is 6. The summed E-state index contributed by atoms with van der Waals surface area (Å²) in [5, 5.41) is 24.5. The quantitative estimate of drug-likeness (QED) is 0.133. The Kier molecular flexibility index (Phi) is 7.55. The van der Waals surface area contributed by atoms with Crippen molar-refractivity contribution in [2.45, 2.75) is 6.54 Å². The number of hydrogen-bond acceptors (Lipinski definition) is 7. The molecule has 3 heterocycles. The van der Waals surface area contributed by atoms with Gasteiger partial charge in [-0.25, -0.2) is 4.99 Å². The summed E-state index contributed by atoms with van der Waals surface area (Å²) in [4.78, 5) is 24.8. The third kappa shape index (κ3) is 5.86. The lowest BCUT2D eigenvalue weighted by molar-refractivity contribution is 0.103. The van der Waals surface area contributed by atoms with Crippen LogP contribution in [0.4, 0.5) is 17.1 Å². The van der Waals surface area contributed by atoms with Gasteiger partial charge in [-0.3, -0.25) is 15.1 Å². The number of pyridine rings is 1. The Bertz CT molecular complexity index is 1460. The largest absolute Gasteiger partial charge is 0.380 e. The van der Waals surface area contributed by atoms with Gasteiger partial charge in [-0.05, 0) is 47.3 Å². The molecule has 0 bridgehead atoms. The number of hydrogen-bond donors (Lipinski definition) is 4. The molecule has 186 valence electrons. The molecule has 0 spiro atoms. The van der Waals surface area contributed by atoms with Crippen molar-refractivity contribution in [2.24, 2.45) is 4.99 Å². The lowest BCUT2D eigenvalue weighted by atomic mass is 10.1. The minimum absolute atomic E-state index is 0.198. The topological polar surface area (TPSA) is 117 Å². The maximum absolute atomic E-state index is 13.1. The Morgan fingerprint density at radius 2 is 2.00 bits per heavy atom. The van der Waals surface area contributed by atoms with Gasteiger partial charge >= 0.3 is 0 Å². The molecule has 1 amide bonds. The zero-order valence-electron chi connectivity index (χ0n) is 20.1. The van der Waals surface area contributed by atoms with Crippen LogP contribution < -0.4 is 21.3 Å². The fourth-order valence-electron chi connectivity index (χ4n) is 4.19. The van der Waals surface area contributed by atoms with Gasteiger partial charge in [0.15, 0.2) is 6.19 Å². The number of benzene rings is 2. The molecule has 5 rings (SSSR count). The molecule has 9 nitrogen and oxygen atoms in total. The molecule has 10 heteroatoms. The van der Waals surface area contributed by atoms with Crippen LogP contribution in [0.15, 0.2) is 77.2 Å². The van der Waals surface area contributed by atoms with E-state index in [0.29, 0.717) is 28.8 Å². The van der Waals surface area contributed by atoms with Crippen molar-refractivity contribution in [1.82, 2.24) is 20.5 Å². The average molecular weight is 511 g/mol. The van der Waals surface area contributed by atoms with Crippen LogP contribution in [0, 0.1) is 11.5 Å². The minimum atomic E-state index is -0.198. The van der Waals surface area contributed by atoms with Gasteiger partial charge in [-0.1, -0.05) is 24.3 Å². The van der Waals surface area contributed by atoms with Crippen LogP contribution in [0.5, 0.6) is 0 Å². The molecule has 1 aliphatic rings. The van der Waals surface area contributed by atoms with Crippen LogP contribution in [0.25, 0.3) is 10.9 Å². The summed E-state index contributed by atoms with van der Waals surface area (Å²) < 4.78 is 0. The van der Waals surface area contributed by atoms with Gasteiger partial charge in [-0.2, -0.15) is 5.26 Å². The number of nitrogens with zero attached hydrogens (tertiary/aromatic N) is 4. The second kappa shape index (κ2) is 11.5. The molecule has 0 aliphatic carbocycles. The lowest BCUT2D eigenvalue weighted by Crippen LogP contribution is -2.50. The highest BCUT2D eigenvalue weighted by Gasteiger charge is 2.16. The summed E-state index contributed by atoms with van der Waals surface area (Å²) in [6.07, 6.45) is 3.77. The number of thiophene rings is 1. The molecule has 4 N–H and O–H groups in total. The SMILES string of the molecule is N#CNC(=Nc1cccc(NC(=O)c2sccc2NCc2ccnc3ccccc23)c1)N1CCNCC1. The highest BCUT2D eigenvalue weighted by molar-refractivity contribution is 7.12. The van der Waals surface area contributed by atoms with Crippen molar-refractivity contribution < 1.29 is 4.79 Å². The Balaban J connectivity index is 1.28. The maximum Gasteiger partial charge on any atom is 0.267 e. The monoisotopic (exact) mass is 510 g/mol. The number of piperazine rings is 1. The van der Waals surface area contributed by atoms with Crippen molar-refractivity contribution in [3.8, 4) is 6.19 Å². The Morgan fingerprint density at radius 3 is 2.86 bits per heavy atom. The fraction of sp³-hybridized carbons (Fsp3) is 0.185. The molecule has 2 aromatic carbocycles. The smallest absolute Gasteiger partial charge is 0.267 e. The number of aliphatic imine (C=N–C) groups is 1. The third-order valence-corrected chi connectivity index (χ3v) is 6.92. The second-order valence-electron chi connectivity index (χ2n) is 8.42. The number of guanidine groups is 1. The van der Waals surface area contributed by atoms with Crippen LogP contribution in [0.2, 0.25) is 0 Å². The first kappa shape index (κ1) is 24.2. The number of carbonyl (C=O) groups is 1. The van der Waals surface area contributed by atoms with E-state index in [9.17, 15) is 4.79 Å². The first-order valence-corrected chi connectivity index (χ1v) is 12.8. The van der Waals surface area contributed by atoms with Gasteiger partial charge in [0.25, 0.3) is 5.91 Å². The molecular formula is C27H26N8OS. The van der Waals surface area contributed by atoms with Gasteiger partial charge in [-0.15, -0.1) is 11.3 Å². The standard InChI is InChI=1S/C27H26N8OS/c28-18-32-27(35-13-11-29-12-14-35)34-21-5-3-4-20(16-21)33-26(36)25-24(9-15-37-25)31-17-19-8-10-30-23-7-2-1-6-22(19)23/h1-10,15-16,29,31H,11-14,17H2,(H,32,34)(H,33,36). The van der Waals surface area contributed by atoms with Crippen LogP contribution in [0.3, 0.4) is 0 Å². The summed E-state index contributed by atoms with van der Waals surface area (Å²) in [5.74, 6) is 0.302. The highest BCUT2D eigenvalue weighted by Crippen LogP contribution is 2.26. The number of fused-ring (bicyclic) bond motifs is 1. The van der Waals surface area contributed by atoms with E-state index in [2.05, 4.69) is 37.3 Å². The number of nitriles is 1. The van der Waals surface area contributed by atoms with Gasteiger partial charge < -0.3 is 20.9 Å². The number of amides is 1. The van der Waals surface area contributed by atoms with E-state index in [1.54, 1.807) is 12.3 Å². The van der Waals surface area contributed by atoms with E-state index in [1.807, 2.05) is 65.0 Å². The summed E-state index contributed by atoms with van der Waals surface area (Å²) in [7, 11) is 0. The molecule has 0 saturated carbocycles. The van der Waals surface area contributed by atoms with Gasteiger partial charge in [0, 0.05) is 50.0 Å².